The zero-order valence-electron chi connectivity index (χ0n) is 17.9. The van der Waals surface area contributed by atoms with E-state index >= 15 is 0 Å². The number of rotatable bonds is 12. The number of hydrazone groups is 1. The summed E-state index contributed by atoms with van der Waals surface area (Å²) in [4.78, 5) is 12.5. The standard InChI is InChI=1S/C23H27IN2O5/c1-5-11-31-22-18(24)12-16(13-21(22)30-8-4)15-25-26-23(27)17-9-10-19(28-6-2)20(14-17)29-7-3/h5,9-10,12-15H,1,6-8,11H2,2-4H3,(H,26,27)/b25-15+. The van der Waals surface area contributed by atoms with Gasteiger partial charge in [0.25, 0.3) is 5.91 Å². The maximum Gasteiger partial charge on any atom is 0.271 e. The van der Waals surface area contributed by atoms with Crippen LogP contribution in [0.1, 0.15) is 36.7 Å². The van der Waals surface area contributed by atoms with Crippen LogP contribution in [0.25, 0.3) is 0 Å². The van der Waals surface area contributed by atoms with E-state index in [9.17, 15) is 4.79 Å². The van der Waals surface area contributed by atoms with E-state index in [0.29, 0.717) is 55.0 Å². The molecule has 2 rings (SSSR count). The Balaban J connectivity index is 2.15. The van der Waals surface area contributed by atoms with Gasteiger partial charge in [-0.05, 0) is 79.3 Å². The van der Waals surface area contributed by atoms with Gasteiger partial charge in [-0.3, -0.25) is 4.79 Å². The monoisotopic (exact) mass is 538 g/mol. The topological polar surface area (TPSA) is 78.4 Å². The number of halogens is 1. The lowest BCUT2D eigenvalue weighted by atomic mass is 10.2. The van der Waals surface area contributed by atoms with E-state index in [2.05, 4.69) is 39.7 Å². The first-order valence-corrected chi connectivity index (χ1v) is 11.0. The van der Waals surface area contributed by atoms with E-state index in [1.165, 1.54) is 0 Å². The Labute approximate surface area is 196 Å². The van der Waals surface area contributed by atoms with Crippen LogP contribution in [-0.2, 0) is 0 Å². The summed E-state index contributed by atoms with van der Waals surface area (Å²) in [5, 5.41) is 4.07. The highest BCUT2D eigenvalue weighted by molar-refractivity contribution is 14.1. The lowest BCUT2D eigenvalue weighted by Crippen LogP contribution is -2.17. The van der Waals surface area contributed by atoms with Crippen molar-refractivity contribution >= 4 is 34.7 Å². The molecule has 0 atom stereocenters. The SMILES string of the molecule is C=CCOc1c(I)cc(/C=N/NC(=O)c2ccc(OCC)c(OCC)c2)cc1OCC. The first-order valence-electron chi connectivity index (χ1n) is 9.97. The highest BCUT2D eigenvalue weighted by Crippen LogP contribution is 2.34. The van der Waals surface area contributed by atoms with Crippen LogP contribution in [0.4, 0.5) is 0 Å². The maximum atomic E-state index is 12.5. The molecule has 0 fully saturated rings. The Kier molecular flexibility index (Phi) is 10.2. The third-order valence-electron chi connectivity index (χ3n) is 3.86. The van der Waals surface area contributed by atoms with E-state index < -0.39 is 0 Å². The van der Waals surface area contributed by atoms with E-state index in [0.717, 1.165) is 9.13 Å². The number of nitrogens with one attached hydrogen (secondary N) is 1. The van der Waals surface area contributed by atoms with Gasteiger partial charge in [0.1, 0.15) is 6.61 Å². The smallest absolute Gasteiger partial charge is 0.271 e. The van der Waals surface area contributed by atoms with Gasteiger partial charge in [0, 0.05) is 5.56 Å². The van der Waals surface area contributed by atoms with Crippen molar-refractivity contribution in [1.82, 2.24) is 5.43 Å². The van der Waals surface area contributed by atoms with Gasteiger partial charge in [0.05, 0.1) is 29.6 Å². The second-order valence-electron chi connectivity index (χ2n) is 6.09. The molecule has 0 bridgehead atoms. The van der Waals surface area contributed by atoms with E-state index in [-0.39, 0.29) is 5.91 Å². The van der Waals surface area contributed by atoms with Crippen molar-refractivity contribution in [3.63, 3.8) is 0 Å². The number of carbonyl (C=O) groups excluding carboxylic acids is 1. The van der Waals surface area contributed by atoms with Crippen LogP contribution in [0.3, 0.4) is 0 Å². The zero-order valence-corrected chi connectivity index (χ0v) is 20.1. The third kappa shape index (κ3) is 7.16. The second-order valence-corrected chi connectivity index (χ2v) is 7.25. The van der Waals surface area contributed by atoms with Crippen LogP contribution in [-0.4, -0.2) is 38.5 Å². The van der Waals surface area contributed by atoms with Crippen LogP contribution >= 0.6 is 22.6 Å². The molecule has 0 aliphatic heterocycles. The van der Waals surface area contributed by atoms with E-state index in [1.54, 1.807) is 30.5 Å². The van der Waals surface area contributed by atoms with Gasteiger partial charge in [0.15, 0.2) is 23.0 Å². The lowest BCUT2D eigenvalue weighted by molar-refractivity contribution is 0.0954. The summed E-state index contributed by atoms with van der Waals surface area (Å²) in [6, 6.07) is 8.72. The number of benzene rings is 2. The average molecular weight is 538 g/mol. The molecule has 0 radical (unpaired) electrons. The van der Waals surface area contributed by atoms with Crippen LogP contribution < -0.4 is 24.4 Å². The Bertz CT molecular complexity index is 930. The minimum Gasteiger partial charge on any atom is -0.490 e. The number of nitrogens with zero attached hydrogens (tertiary/aromatic N) is 1. The van der Waals surface area contributed by atoms with Crippen molar-refractivity contribution in [1.29, 1.82) is 0 Å². The number of ether oxygens (including phenoxy) is 4. The molecule has 166 valence electrons. The fraction of sp³-hybridized carbons (Fsp3) is 0.304. The normalized spacial score (nSPS) is 10.6. The molecule has 2 aromatic rings. The molecular weight excluding hydrogens is 511 g/mol. The molecule has 0 spiro atoms. The van der Waals surface area contributed by atoms with Crippen molar-refractivity contribution in [2.75, 3.05) is 26.4 Å². The highest BCUT2D eigenvalue weighted by atomic mass is 127. The Morgan fingerprint density at radius 3 is 2.35 bits per heavy atom. The predicted molar refractivity (Wildman–Crippen MR) is 130 cm³/mol. The van der Waals surface area contributed by atoms with Crippen molar-refractivity contribution < 1.29 is 23.7 Å². The number of amides is 1. The minimum atomic E-state index is -0.356. The average Bonchev–Trinajstić information content (AvgIpc) is 2.75. The summed E-state index contributed by atoms with van der Waals surface area (Å²) in [6.45, 7) is 11.2. The summed E-state index contributed by atoms with van der Waals surface area (Å²) in [5.74, 6) is 2.03. The van der Waals surface area contributed by atoms with Gasteiger partial charge < -0.3 is 18.9 Å². The summed E-state index contributed by atoms with van der Waals surface area (Å²) >= 11 is 2.17. The molecule has 2 aromatic carbocycles. The maximum absolute atomic E-state index is 12.5. The van der Waals surface area contributed by atoms with Gasteiger partial charge in [0.2, 0.25) is 0 Å². The van der Waals surface area contributed by atoms with Gasteiger partial charge in [-0.1, -0.05) is 12.7 Å². The van der Waals surface area contributed by atoms with Gasteiger partial charge in [-0.15, -0.1) is 0 Å². The van der Waals surface area contributed by atoms with Crippen molar-refractivity contribution in [3.8, 4) is 23.0 Å². The molecular formula is C23H27IN2O5. The molecule has 0 saturated heterocycles. The van der Waals surface area contributed by atoms with Crippen LogP contribution in [0.5, 0.6) is 23.0 Å². The van der Waals surface area contributed by atoms with Gasteiger partial charge >= 0.3 is 0 Å². The van der Waals surface area contributed by atoms with Gasteiger partial charge in [-0.2, -0.15) is 5.10 Å². The lowest BCUT2D eigenvalue weighted by Gasteiger charge is -2.13. The fourth-order valence-corrected chi connectivity index (χ4v) is 3.41. The molecule has 0 aliphatic rings. The molecule has 1 amide bonds. The van der Waals surface area contributed by atoms with Crippen LogP contribution in [0.15, 0.2) is 48.1 Å². The molecule has 31 heavy (non-hydrogen) atoms. The Morgan fingerprint density at radius 2 is 1.68 bits per heavy atom. The molecule has 0 aliphatic carbocycles. The summed E-state index contributed by atoms with van der Waals surface area (Å²) in [7, 11) is 0. The molecule has 0 unspecified atom stereocenters. The summed E-state index contributed by atoms with van der Waals surface area (Å²) in [6.07, 6.45) is 3.23. The fourth-order valence-electron chi connectivity index (χ4n) is 2.63. The predicted octanol–water partition coefficient (Wildman–Crippen LogP) is 4.82. The minimum absolute atomic E-state index is 0.356. The second kappa shape index (κ2) is 12.8. The number of carbonyl (C=O) groups is 1. The van der Waals surface area contributed by atoms with Crippen LogP contribution in [0.2, 0.25) is 0 Å². The molecule has 8 heteroatoms. The number of hydrogen-bond acceptors (Lipinski definition) is 6. The highest BCUT2D eigenvalue weighted by Gasteiger charge is 2.13. The zero-order chi connectivity index (χ0) is 22.6. The Morgan fingerprint density at radius 1 is 1.00 bits per heavy atom. The quantitative estimate of drug-likeness (QED) is 0.182. The van der Waals surface area contributed by atoms with Crippen molar-refractivity contribution in [3.05, 3.63) is 57.7 Å². The van der Waals surface area contributed by atoms with Gasteiger partial charge in [-0.25, -0.2) is 5.43 Å². The summed E-state index contributed by atoms with van der Waals surface area (Å²) in [5.41, 5.74) is 3.72. The summed E-state index contributed by atoms with van der Waals surface area (Å²) < 4.78 is 23.3. The molecule has 0 saturated carbocycles. The first kappa shape index (κ1) is 24.5. The van der Waals surface area contributed by atoms with Crippen molar-refractivity contribution in [2.24, 2.45) is 5.10 Å². The molecule has 0 heterocycles. The van der Waals surface area contributed by atoms with Crippen LogP contribution in [0, 0.1) is 3.57 Å². The Hall–Kier alpha value is -2.75. The third-order valence-corrected chi connectivity index (χ3v) is 4.66. The van der Waals surface area contributed by atoms with Crippen molar-refractivity contribution in [2.45, 2.75) is 20.8 Å². The molecule has 0 aromatic heterocycles. The molecule has 1 N–H and O–H groups in total. The largest absolute Gasteiger partial charge is 0.490 e. The van der Waals surface area contributed by atoms with E-state index in [4.69, 9.17) is 18.9 Å². The van der Waals surface area contributed by atoms with E-state index in [1.807, 2.05) is 32.9 Å². The number of hydrogen-bond donors (Lipinski definition) is 1. The molecule has 7 nitrogen and oxygen atoms in total. The first-order chi connectivity index (χ1) is 15.0.